The summed E-state index contributed by atoms with van der Waals surface area (Å²) in [5.41, 5.74) is 1.58. The van der Waals surface area contributed by atoms with Crippen molar-refractivity contribution in [2.75, 3.05) is 0 Å². The van der Waals surface area contributed by atoms with Gasteiger partial charge in [-0.05, 0) is 76.1 Å². The Hall–Kier alpha value is -2.63. The summed E-state index contributed by atoms with van der Waals surface area (Å²) in [6, 6.07) is 13.1. The lowest BCUT2D eigenvalue weighted by molar-refractivity contribution is 0.0672. The number of nitrogens with zero attached hydrogens (tertiary/aromatic N) is 2. The standard InChI is InChI=1S/C23H26ClN3O2/c1-22(2,3)26-20(28)17-12-16(15-6-8-18(24)9-7-15)13-19(14-17)27-11-10-25-21(27)23(4,5)29/h6-14,29H,1-5H3,(H,26,28). The summed E-state index contributed by atoms with van der Waals surface area (Å²) in [6.45, 7) is 9.19. The number of hydrogen-bond donors (Lipinski definition) is 2. The third-order valence-corrected chi connectivity index (χ3v) is 4.56. The van der Waals surface area contributed by atoms with Crippen LogP contribution in [0.2, 0.25) is 5.02 Å². The predicted octanol–water partition coefficient (Wildman–Crippen LogP) is 4.95. The van der Waals surface area contributed by atoms with Gasteiger partial charge in [-0.2, -0.15) is 0 Å². The van der Waals surface area contributed by atoms with Crippen molar-refractivity contribution < 1.29 is 9.90 Å². The molecule has 0 aliphatic rings. The average molecular weight is 412 g/mol. The first-order valence-electron chi connectivity index (χ1n) is 9.44. The number of carbonyl (C=O) groups excluding carboxylic acids is 1. The second-order valence-electron chi connectivity index (χ2n) is 8.66. The maximum atomic E-state index is 12.9. The number of carbonyl (C=O) groups is 1. The van der Waals surface area contributed by atoms with Crippen LogP contribution in [0.4, 0.5) is 0 Å². The second kappa shape index (κ2) is 7.65. The minimum atomic E-state index is -1.13. The molecule has 0 saturated carbocycles. The Morgan fingerprint density at radius 2 is 1.69 bits per heavy atom. The molecule has 3 aromatic rings. The maximum absolute atomic E-state index is 12.9. The molecule has 0 saturated heterocycles. The van der Waals surface area contributed by atoms with Gasteiger partial charge in [0.25, 0.3) is 5.91 Å². The first kappa shape index (κ1) is 21.1. The molecule has 29 heavy (non-hydrogen) atoms. The molecule has 5 nitrogen and oxygen atoms in total. The molecule has 0 radical (unpaired) electrons. The molecule has 152 valence electrons. The van der Waals surface area contributed by atoms with Crippen LogP contribution in [0.1, 0.15) is 50.8 Å². The predicted molar refractivity (Wildman–Crippen MR) is 116 cm³/mol. The molecule has 0 spiro atoms. The van der Waals surface area contributed by atoms with E-state index < -0.39 is 5.60 Å². The Labute approximate surface area is 176 Å². The highest BCUT2D eigenvalue weighted by molar-refractivity contribution is 6.30. The fourth-order valence-electron chi connectivity index (χ4n) is 3.07. The van der Waals surface area contributed by atoms with Gasteiger partial charge in [-0.15, -0.1) is 0 Å². The summed E-state index contributed by atoms with van der Waals surface area (Å²) >= 11 is 6.03. The zero-order valence-electron chi connectivity index (χ0n) is 17.3. The Balaban J connectivity index is 2.17. The van der Waals surface area contributed by atoms with E-state index in [2.05, 4.69) is 10.3 Å². The first-order valence-corrected chi connectivity index (χ1v) is 9.82. The van der Waals surface area contributed by atoms with Crippen LogP contribution in [-0.2, 0) is 5.60 Å². The lowest BCUT2D eigenvalue weighted by Gasteiger charge is -2.22. The summed E-state index contributed by atoms with van der Waals surface area (Å²) in [5, 5.41) is 14.1. The number of nitrogens with one attached hydrogen (secondary N) is 1. The van der Waals surface area contributed by atoms with Crippen molar-refractivity contribution in [3.8, 4) is 16.8 Å². The van der Waals surface area contributed by atoms with Crippen molar-refractivity contribution in [1.82, 2.24) is 14.9 Å². The van der Waals surface area contributed by atoms with Gasteiger partial charge in [-0.25, -0.2) is 4.98 Å². The highest BCUT2D eigenvalue weighted by Crippen LogP contribution is 2.28. The third-order valence-electron chi connectivity index (χ3n) is 4.31. The van der Waals surface area contributed by atoms with Gasteiger partial charge >= 0.3 is 0 Å². The summed E-state index contributed by atoms with van der Waals surface area (Å²) in [6.07, 6.45) is 3.41. The van der Waals surface area contributed by atoms with Crippen LogP contribution >= 0.6 is 11.6 Å². The molecule has 0 aliphatic heterocycles. The van der Waals surface area contributed by atoms with Crippen molar-refractivity contribution in [2.24, 2.45) is 0 Å². The molecule has 1 amide bonds. The van der Waals surface area contributed by atoms with E-state index in [1.54, 1.807) is 36.9 Å². The topological polar surface area (TPSA) is 67.2 Å². The zero-order chi connectivity index (χ0) is 21.4. The monoisotopic (exact) mass is 411 g/mol. The van der Waals surface area contributed by atoms with Crippen LogP contribution in [-0.4, -0.2) is 26.1 Å². The van der Waals surface area contributed by atoms with Crippen LogP contribution in [0.3, 0.4) is 0 Å². The highest BCUT2D eigenvalue weighted by Gasteiger charge is 2.24. The minimum absolute atomic E-state index is 0.167. The molecule has 0 fully saturated rings. The zero-order valence-corrected chi connectivity index (χ0v) is 18.1. The minimum Gasteiger partial charge on any atom is -0.382 e. The molecule has 1 heterocycles. The molecule has 0 bridgehead atoms. The molecular formula is C23H26ClN3O2. The maximum Gasteiger partial charge on any atom is 0.251 e. The van der Waals surface area contributed by atoms with Gasteiger partial charge in [0.1, 0.15) is 11.4 Å². The van der Waals surface area contributed by atoms with Crippen molar-refractivity contribution in [1.29, 1.82) is 0 Å². The van der Waals surface area contributed by atoms with Gasteiger partial charge in [-0.3, -0.25) is 4.79 Å². The lowest BCUT2D eigenvalue weighted by atomic mass is 10.00. The number of amides is 1. The van der Waals surface area contributed by atoms with E-state index >= 15 is 0 Å². The summed E-state index contributed by atoms with van der Waals surface area (Å²) < 4.78 is 1.80. The van der Waals surface area contributed by atoms with E-state index in [0.29, 0.717) is 16.4 Å². The molecule has 6 heteroatoms. The van der Waals surface area contributed by atoms with E-state index in [4.69, 9.17) is 11.6 Å². The van der Waals surface area contributed by atoms with Crippen molar-refractivity contribution in [2.45, 2.75) is 45.8 Å². The summed E-state index contributed by atoms with van der Waals surface area (Å²) in [7, 11) is 0. The Morgan fingerprint density at radius 3 is 2.28 bits per heavy atom. The number of imidazole rings is 1. The van der Waals surface area contributed by atoms with Crippen molar-refractivity contribution in [3.05, 3.63) is 71.3 Å². The molecule has 2 aromatic carbocycles. The molecular weight excluding hydrogens is 386 g/mol. The quantitative estimate of drug-likeness (QED) is 0.638. The lowest BCUT2D eigenvalue weighted by Crippen LogP contribution is -2.40. The second-order valence-corrected chi connectivity index (χ2v) is 9.10. The molecule has 0 atom stereocenters. The van der Waals surface area contributed by atoms with Crippen LogP contribution in [0.5, 0.6) is 0 Å². The smallest absolute Gasteiger partial charge is 0.251 e. The first-order chi connectivity index (χ1) is 13.4. The SMILES string of the molecule is CC(C)(C)NC(=O)c1cc(-c2ccc(Cl)cc2)cc(-n2ccnc2C(C)(C)O)c1. The number of halogens is 1. The number of aliphatic hydroxyl groups is 1. The third kappa shape index (κ3) is 5.05. The normalized spacial score (nSPS) is 12.1. The van der Waals surface area contributed by atoms with E-state index in [1.165, 1.54) is 0 Å². The Kier molecular flexibility index (Phi) is 5.57. The fourth-order valence-corrected chi connectivity index (χ4v) is 3.19. The van der Waals surface area contributed by atoms with Gasteiger partial charge in [0.05, 0.1) is 0 Å². The molecule has 0 unspecified atom stereocenters. The molecule has 3 rings (SSSR count). The average Bonchev–Trinajstić information content (AvgIpc) is 3.11. The number of hydrogen-bond acceptors (Lipinski definition) is 3. The van der Waals surface area contributed by atoms with Gasteiger partial charge < -0.3 is 15.0 Å². The Bertz CT molecular complexity index is 1030. The largest absolute Gasteiger partial charge is 0.382 e. The van der Waals surface area contributed by atoms with Crippen LogP contribution in [0.25, 0.3) is 16.8 Å². The number of benzene rings is 2. The van der Waals surface area contributed by atoms with E-state index in [-0.39, 0.29) is 11.4 Å². The van der Waals surface area contributed by atoms with Gasteiger partial charge in [0.15, 0.2) is 0 Å². The van der Waals surface area contributed by atoms with Crippen LogP contribution in [0.15, 0.2) is 54.9 Å². The van der Waals surface area contributed by atoms with Gasteiger partial charge in [0, 0.05) is 34.2 Å². The van der Waals surface area contributed by atoms with Crippen LogP contribution < -0.4 is 5.32 Å². The van der Waals surface area contributed by atoms with E-state index in [0.717, 1.165) is 16.8 Å². The molecule has 2 N–H and O–H groups in total. The highest BCUT2D eigenvalue weighted by atomic mass is 35.5. The number of aromatic nitrogens is 2. The van der Waals surface area contributed by atoms with Gasteiger partial charge in [0.2, 0.25) is 0 Å². The van der Waals surface area contributed by atoms with E-state index in [9.17, 15) is 9.90 Å². The summed E-state index contributed by atoms with van der Waals surface area (Å²) in [5.74, 6) is 0.326. The molecule has 0 aliphatic carbocycles. The molecule has 1 aromatic heterocycles. The van der Waals surface area contributed by atoms with Crippen molar-refractivity contribution >= 4 is 17.5 Å². The van der Waals surface area contributed by atoms with Crippen molar-refractivity contribution in [3.63, 3.8) is 0 Å². The Morgan fingerprint density at radius 1 is 1.03 bits per heavy atom. The van der Waals surface area contributed by atoms with E-state index in [1.807, 2.05) is 57.2 Å². The summed E-state index contributed by atoms with van der Waals surface area (Å²) in [4.78, 5) is 17.2. The fraction of sp³-hybridized carbons (Fsp3) is 0.304. The van der Waals surface area contributed by atoms with Crippen LogP contribution in [0, 0.1) is 0 Å². The van der Waals surface area contributed by atoms with Gasteiger partial charge in [-0.1, -0.05) is 23.7 Å². The number of rotatable bonds is 4.